The maximum Gasteiger partial charge on any atom is 0.129 e. The molecule has 0 amide bonds. The summed E-state index contributed by atoms with van der Waals surface area (Å²) in [4.78, 5) is 22.0. The molecule has 8 bridgehead atoms. The standard InChI is InChI=1S/C55H47BrN4Si/c1-32-28-34(3)50(35(4)29-32)54-46-22-18-42(57-46)52(39-12-10-38(11-13-39)26-27-61(7,8)9)43-19-23-47(58-43)55(51-36(5)30-33(2)31-37(51)6)49-25-21-45(60-49)53(44-20-24-48(54)59-44)40-14-16-41(56)17-15-40/h10-25,28-31H,1-9H3. The molecule has 4 aromatic carbocycles. The average molecular weight is 872 g/mol. The molecule has 4 nitrogen and oxygen atoms in total. The van der Waals surface area contributed by atoms with E-state index in [2.05, 4.69) is 210 Å². The van der Waals surface area contributed by atoms with Gasteiger partial charge in [-0.25, -0.2) is 20.0 Å². The van der Waals surface area contributed by atoms with Crippen LogP contribution in [-0.2, 0) is 0 Å². The smallest absolute Gasteiger partial charge is 0.129 e. The monoisotopic (exact) mass is 870 g/mol. The highest BCUT2D eigenvalue weighted by atomic mass is 79.9. The zero-order valence-corrected chi connectivity index (χ0v) is 38.8. The van der Waals surface area contributed by atoms with Gasteiger partial charge >= 0.3 is 0 Å². The van der Waals surface area contributed by atoms with Crippen LogP contribution in [0.5, 0.6) is 0 Å². The summed E-state index contributed by atoms with van der Waals surface area (Å²) >= 11 is 3.66. The van der Waals surface area contributed by atoms with Gasteiger partial charge < -0.3 is 0 Å². The Morgan fingerprint density at radius 3 is 1.11 bits per heavy atom. The van der Waals surface area contributed by atoms with Crippen LogP contribution in [0.15, 0.2) is 169 Å². The van der Waals surface area contributed by atoms with Crippen molar-refractivity contribution in [2.45, 2.75) is 61.2 Å². The van der Waals surface area contributed by atoms with Crippen molar-refractivity contribution in [2.75, 3.05) is 0 Å². The molecule has 0 N–H and O–H groups in total. The minimum atomic E-state index is -1.55. The summed E-state index contributed by atoms with van der Waals surface area (Å²) in [6.45, 7) is 19.9. The molecule has 0 saturated heterocycles. The molecule has 0 fully saturated rings. The van der Waals surface area contributed by atoms with Crippen molar-refractivity contribution < 1.29 is 0 Å². The Bertz CT molecular complexity index is 2970. The van der Waals surface area contributed by atoms with E-state index >= 15 is 0 Å². The van der Waals surface area contributed by atoms with Gasteiger partial charge in [-0.1, -0.05) is 101 Å². The Morgan fingerprint density at radius 2 is 0.754 bits per heavy atom. The minimum absolute atomic E-state index is 0.847. The van der Waals surface area contributed by atoms with E-state index in [9.17, 15) is 0 Å². The highest BCUT2D eigenvalue weighted by molar-refractivity contribution is 9.10. The first-order chi connectivity index (χ1) is 29.2. The van der Waals surface area contributed by atoms with Crippen LogP contribution in [-0.4, -0.2) is 30.9 Å². The van der Waals surface area contributed by atoms with Crippen molar-refractivity contribution in [3.8, 4) is 11.5 Å². The fraction of sp³-hybridized carbons (Fsp3) is 0.164. The highest BCUT2D eigenvalue weighted by Crippen LogP contribution is 2.41. The third-order valence-electron chi connectivity index (χ3n) is 11.4. The van der Waals surface area contributed by atoms with Crippen molar-refractivity contribution in [1.29, 1.82) is 0 Å². The van der Waals surface area contributed by atoms with E-state index in [0.29, 0.717) is 0 Å². The van der Waals surface area contributed by atoms with Crippen molar-refractivity contribution in [1.82, 2.24) is 0 Å². The second-order valence-electron chi connectivity index (χ2n) is 17.5. The van der Waals surface area contributed by atoms with Gasteiger partial charge in [-0.2, -0.15) is 0 Å². The fourth-order valence-electron chi connectivity index (χ4n) is 8.94. The van der Waals surface area contributed by atoms with Gasteiger partial charge in [0.15, 0.2) is 0 Å². The second-order valence-corrected chi connectivity index (χ2v) is 23.2. The summed E-state index contributed by atoms with van der Waals surface area (Å²) in [6.07, 6.45) is 17.1. The maximum absolute atomic E-state index is 5.52. The van der Waals surface area contributed by atoms with Crippen molar-refractivity contribution in [2.24, 2.45) is 20.0 Å². The Hall–Kier alpha value is -6.26. The van der Waals surface area contributed by atoms with Crippen LogP contribution in [0.25, 0.3) is 22.3 Å². The number of fused-ring (bicyclic) bond motifs is 4. The van der Waals surface area contributed by atoms with Crippen LogP contribution in [0.2, 0.25) is 19.6 Å². The molecular formula is C55H47BrN4Si. The topological polar surface area (TPSA) is 49.4 Å². The number of hydrogen-bond donors (Lipinski definition) is 0. The van der Waals surface area contributed by atoms with Gasteiger partial charge in [0.2, 0.25) is 0 Å². The van der Waals surface area contributed by atoms with Gasteiger partial charge in [0.05, 0.1) is 45.6 Å². The number of aryl methyl sites for hydroxylation is 6. The molecule has 0 unspecified atom stereocenters. The molecule has 0 atom stereocenters. The highest BCUT2D eigenvalue weighted by Gasteiger charge is 2.29. The molecule has 0 aromatic heterocycles. The summed E-state index contributed by atoms with van der Waals surface area (Å²) in [5, 5.41) is 0. The van der Waals surface area contributed by atoms with E-state index in [4.69, 9.17) is 20.0 Å². The molecule has 61 heavy (non-hydrogen) atoms. The van der Waals surface area contributed by atoms with Crippen LogP contribution in [0.4, 0.5) is 0 Å². The van der Waals surface area contributed by atoms with E-state index in [-0.39, 0.29) is 0 Å². The van der Waals surface area contributed by atoms with E-state index in [0.717, 1.165) is 100 Å². The van der Waals surface area contributed by atoms with Gasteiger partial charge in [-0.05, 0) is 159 Å². The SMILES string of the molecule is Cc1cc(C)c(C2=C3C=CC(=N3)C(c3ccc(C#C[Si](C)(C)C)cc3)=C3C=CC(=N3)C(c3c(C)cc(C)cc3C)=C3C=CC(=N3)C(c3ccc(Br)cc3)=C3C=CC2=N3)c(C)c1. The van der Waals surface area contributed by atoms with Crippen LogP contribution < -0.4 is 0 Å². The van der Waals surface area contributed by atoms with Crippen LogP contribution in [0.3, 0.4) is 0 Å². The minimum Gasteiger partial charge on any atom is -0.248 e. The van der Waals surface area contributed by atoms with E-state index in [1.807, 2.05) is 0 Å². The third-order valence-corrected chi connectivity index (χ3v) is 12.8. The first kappa shape index (κ1) is 40.2. The molecule has 6 heteroatoms. The molecule has 0 radical (unpaired) electrons. The number of rotatable bonds is 4. The zero-order valence-electron chi connectivity index (χ0n) is 36.2. The molecule has 0 saturated carbocycles. The summed E-state index contributed by atoms with van der Waals surface area (Å²) in [6, 6.07) is 26.0. The lowest BCUT2D eigenvalue weighted by atomic mass is 9.90. The Balaban J connectivity index is 1.37. The Morgan fingerprint density at radius 1 is 0.426 bits per heavy atom. The quantitative estimate of drug-likeness (QED) is 0.145. The summed E-state index contributed by atoms with van der Waals surface area (Å²) in [5.74, 6) is 3.44. The van der Waals surface area contributed by atoms with Crippen LogP contribution in [0, 0.1) is 53.0 Å². The molecular weight excluding hydrogens is 825 g/mol. The number of halogens is 1. The Labute approximate surface area is 369 Å². The van der Waals surface area contributed by atoms with Crippen molar-refractivity contribution in [3.05, 3.63) is 210 Å². The predicted molar refractivity (Wildman–Crippen MR) is 266 cm³/mol. The summed E-state index contributed by atoms with van der Waals surface area (Å²) < 4.78 is 1.01. The largest absolute Gasteiger partial charge is 0.248 e. The van der Waals surface area contributed by atoms with E-state index < -0.39 is 8.07 Å². The summed E-state index contributed by atoms with van der Waals surface area (Å²) in [5.41, 5.74) is 26.8. The summed E-state index contributed by atoms with van der Waals surface area (Å²) in [7, 11) is -1.55. The van der Waals surface area contributed by atoms with Gasteiger partial charge in [-0.3, -0.25) is 0 Å². The zero-order chi connectivity index (χ0) is 42.7. The molecule has 0 spiro atoms. The molecule has 0 aliphatic carbocycles. The number of allylic oxidation sites excluding steroid dienone is 12. The number of benzene rings is 4. The van der Waals surface area contributed by atoms with Gasteiger partial charge in [0.25, 0.3) is 0 Å². The molecule has 5 aliphatic rings. The number of nitrogens with zero attached hydrogens (tertiary/aromatic N) is 4. The lowest BCUT2D eigenvalue weighted by Gasteiger charge is -2.17. The van der Waals surface area contributed by atoms with Crippen LogP contribution in [0.1, 0.15) is 61.2 Å². The lowest BCUT2D eigenvalue weighted by molar-refractivity contribution is 1.28. The molecule has 9 rings (SSSR count). The van der Waals surface area contributed by atoms with Gasteiger partial charge in [-0.15, -0.1) is 5.54 Å². The first-order valence-corrected chi connectivity index (χ1v) is 25.1. The van der Waals surface area contributed by atoms with Gasteiger partial charge in [0.1, 0.15) is 8.07 Å². The molecule has 5 heterocycles. The van der Waals surface area contributed by atoms with Crippen molar-refractivity contribution in [3.63, 3.8) is 0 Å². The molecule has 298 valence electrons. The fourth-order valence-corrected chi connectivity index (χ4v) is 9.72. The normalized spacial score (nSPS) is 16.8. The van der Waals surface area contributed by atoms with Crippen LogP contribution >= 0.6 is 15.9 Å². The number of hydrogen-bond acceptors (Lipinski definition) is 4. The number of aliphatic imine (C=N–C) groups is 4. The molecule has 4 aromatic rings. The van der Waals surface area contributed by atoms with Gasteiger partial charge in [0, 0.05) is 32.3 Å². The lowest BCUT2D eigenvalue weighted by Crippen LogP contribution is -2.16. The predicted octanol–water partition coefficient (Wildman–Crippen LogP) is 13.5. The average Bonchev–Trinajstić information content (AvgIpc) is 4.04. The molecule has 5 aliphatic heterocycles. The van der Waals surface area contributed by atoms with E-state index in [1.54, 1.807) is 0 Å². The third kappa shape index (κ3) is 7.81. The Kier molecular flexibility index (Phi) is 10.3. The van der Waals surface area contributed by atoms with E-state index in [1.165, 1.54) is 33.4 Å². The van der Waals surface area contributed by atoms with Crippen molar-refractivity contribution >= 4 is 69.1 Å². The maximum atomic E-state index is 5.52. The first-order valence-electron chi connectivity index (χ1n) is 20.8. The second kappa shape index (κ2) is 15.6.